The van der Waals surface area contributed by atoms with Crippen molar-refractivity contribution in [1.29, 1.82) is 0 Å². The molecule has 11 heteroatoms. The highest BCUT2D eigenvalue weighted by Gasteiger charge is 2.66. The average molecular weight is 333 g/mol. The van der Waals surface area contributed by atoms with E-state index in [2.05, 4.69) is 0 Å². The van der Waals surface area contributed by atoms with E-state index in [-0.39, 0.29) is 0 Å². The molecule has 4 nitrogen and oxygen atoms in total. The lowest BCUT2D eigenvalue weighted by atomic mass is 9.88. The number of hydrogen-bond donors (Lipinski definition) is 2. The second-order valence-corrected chi connectivity index (χ2v) is 3.98. The van der Waals surface area contributed by atoms with Crippen LogP contribution < -0.4 is 5.32 Å². The minimum absolute atomic E-state index is 0.313. The molecule has 22 heavy (non-hydrogen) atoms. The lowest BCUT2D eigenvalue weighted by Gasteiger charge is -2.33. The summed E-state index contributed by atoms with van der Waals surface area (Å²) < 4.78 is 89.4. The van der Waals surface area contributed by atoms with Crippen molar-refractivity contribution in [3.05, 3.63) is 35.6 Å². The Balaban J connectivity index is 3.62. The van der Waals surface area contributed by atoms with Crippen LogP contribution >= 0.6 is 0 Å². The molecule has 1 aromatic rings. The first kappa shape index (κ1) is 17.7. The number of carbonyl (C=O) groups is 2. The normalized spacial score (nSPS) is 15.0. The van der Waals surface area contributed by atoms with Gasteiger partial charge in [-0.15, -0.1) is 0 Å². The standard InChI is InChI=1S/C11H6F7NO3/c12-6-4-2-1-3-5(6)9(8(21)22,11(16,17)18)19-7(20)10(13,14)15/h1-4H,(H,19,20)(H,21,22). The number of nitrogens with one attached hydrogen (secondary N) is 1. The maximum atomic E-state index is 13.5. The van der Waals surface area contributed by atoms with Crippen LogP contribution in [-0.2, 0) is 15.1 Å². The third kappa shape index (κ3) is 2.97. The van der Waals surface area contributed by atoms with Gasteiger partial charge in [0.05, 0.1) is 0 Å². The van der Waals surface area contributed by atoms with Gasteiger partial charge in [0.1, 0.15) is 5.82 Å². The summed E-state index contributed by atoms with van der Waals surface area (Å²) in [6.45, 7) is 0. The predicted octanol–water partition coefficient (Wildman–Crippen LogP) is 2.35. The summed E-state index contributed by atoms with van der Waals surface area (Å²) in [7, 11) is 0. The number of halogens is 7. The van der Waals surface area contributed by atoms with Gasteiger partial charge in [0, 0.05) is 5.56 Å². The molecule has 1 amide bonds. The van der Waals surface area contributed by atoms with Gasteiger partial charge in [-0.3, -0.25) is 4.79 Å². The van der Waals surface area contributed by atoms with Gasteiger partial charge in [0.2, 0.25) is 0 Å². The smallest absolute Gasteiger partial charge is 0.471 e. The zero-order valence-electron chi connectivity index (χ0n) is 10.2. The van der Waals surface area contributed by atoms with Crippen molar-refractivity contribution in [2.24, 2.45) is 0 Å². The Morgan fingerprint density at radius 2 is 1.50 bits per heavy atom. The van der Waals surface area contributed by atoms with Gasteiger partial charge in [-0.1, -0.05) is 18.2 Å². The molecule has 122 valence electrons. The lowest BCUT2D eigenvalue weighted by molar-refractivity contribution is -0.221. The maximum Gasteiger partial charge on any atom is 0.471 e. The van der Waals surface area contributed by atoms with Crippen LogP contribution in [0.25, 0.3) is 0 Å². The SMILES string of the molecule is O=C(NC(C(=O)O)(c1ccccc1F)C(F)(F)F)C(F)(F)F. The summed E-state index contributed by atoms with van der Waals surface area (Å²) >= 11 is 0. The molecule has 0 radical (unpaired) electrons. The molecule has 0 aliphatic heterocycles. The summed E-state index contributed by atoms with van der Waals surface area (Å²) in [5.41, 5.74) is -6.25. The quantitative estimate of drug-likeness (QED) is 0.835. The van der Waals surface area contributed by atoms with Crippen molar-refractivity contribution in [3.8, 4) is 0 Å². The van der Waals surface area contributed by atoms with E-state index < -0.39 is 41.1 Å². The number of carboxylic acids is 1. The highest BCUT2D eigenvalue weighted by atomic mass is 19.4. The topological polar surface area (TPSA) is 66.4 Å². The maximum absolute atomic E-state index is 13.5. The summed E-state index contributed by atoms with van der Waals surface area (Å²) in [4.78, 5) is 21.8. The summed E-state index contributed by atoms with van der Waals surface area (Å²) in [6.07, 6.45) is -11.7. The van der Waals surface area contributed by atoms with Gasteiger partial charge < -0.3 is 10.4 Å². The van der Waals surface area contributed by atoms with E-state index in [1.54, 1.807) is 0 Å². The first-order chi connectivity index (χ1) is 9.84. The van der Waals surface area contributed by atoms with Crippen LogP contribution in [-0.4, -0.2) is 29.3 Å². The largest absolute Gasteiger partial charge is 0.479 e. The second-order valence-electron chi connectivity index (χ2n) is 3.98. The van der Waals surface area contributed by atoms with E-state index in [4.69, 9.17) is 5.11 Å². The molecule has 1 unspecified atom stereocenters. The van der Waals surface area contributed by atoms with Crippen LogP contribution in [0.15, 0.2) is 24.3 Å². The van der Waals surface area contributed by atoms with Gasteiger partial charge >= 0.3 is 24.2 Å². The van der Waals surface area contributed by atoms with Crippen molar-refractivity contribution in [2.75, 3.05) is 0 Å². The fraction of sp³-hybridized carbons (Fsp3) is 0.273. The molecule has 1 atom stereocenters. The van der Waals surface area contributed by atoms with Gasteiger partial charge in [-0.25, -0.2) is 9.18 Å². The van der Waals surface area contributed by atoms with E-state index in [9.17, 15) is 40.3 Å². The Kier molecular flexibility index (Phi) is 4.40. The van der Waals surface area contributed by atoms with Crippen LogP contribution in [0.1, 0.15) is 5.56 Å². The van der Waals surface area contributed by atoms with Gasteiger partial charge in [0.15, 0.2) is 0 Å². The molecule has 0 fully saturated rings. The molecule has 0 spiro atoms. The van der Waals surface area contributed by atoms with Crippen LogP contribution in [0.2, 0.25) is 0 Å². The number of carbonyl (C=O) groups excluding carboxylic acids is 1. The molecular formula is C11H6F7NO3. The van der Waals surface area contributed by atoms with Crippen LogP contribution in [0.5, 0.6) is 0 Å². The number of aliphatic carboxylic acids is 1. The summed E-state index contributed by atoms with van der Waals surface area (Å²) in [5.74, 6) is -7.83. The van der Waals surface area contributed by atoms with E-state index in [0.717, 1.165) is 12.1 Å². The Morgan fingerprint density at radius 3 is 1.86 bits per heavy atom. The monoisotopic (exact) mass is 333 g/mol. The zero-order chi connectivity index (χ0) is 17.3. The third-order valence-corrected chi connectivity index (χ3v) is 2.58. The molecule has 0 aromatic heterocycles. The first-order valence-electron chi connectivity index (χ1n) is 5.28. The Morgan fingerprint density at radius 1 is 1.00 bits per heavy atom. The van der Waals surface area contributed by atoms with Crippen molar-refractivity contribution in [3.63, 3.8) is 0 Å². The molecule has 2 N–H and O–H groups in total. The first-order valence-corrected chi connectivity index (χ1v) is 5.28. The van der Waals surface area contributed by atoms with Crippen molar-refractivity contribution < 1.29 is 45.4 Å². The van der Waals surface area contributed by atoms with Crippen molar-refractivity contribution in [1.82, 2.24) is 5.32 Å². The van der Waals surface area contributed by atoms with E-state index in [0.29, 0.717) is 17.4 Å². The van der Waals surface area contributed by atoms with E-state index in [1.807, 2.05) is 0 Å². The molecular weight excluding hydrogens is 327 g/mol. The number of hydrogen-bond acceptors (Lipinski definition) is 2. The Labute approximate surface area is 117 Å². The highest BCUT2D eigenvalue weighted by Crippen LogP contribution is 2.41. The predicted molar refractivity (Wildman–Crippen MR) is 56.0 cm³/mol. The van der Waals surface area contributed by atoms with Crippen LogP contribution in [0.4, 0.5) is 30.7 Å². The molecule has 0 saturated heterocycles. The Hall–Kier alpha value is -2.33. The molecule has 0 aliphatic carbocycles. The fourth-order valence-electron chi connectivity index (χ4n) is 1.59. The van der Waals surface area contributed by atoms with E-state index >= 15 is 0 Å². The molecule has 1 rings (SSSR count). The number of carboxylic acid groups (broad SMARTS) is 1. The van der Waals surface area contributed by atoms with Gasteiger partial charge in [0.25, 0.3) is 5.54 Å². The molecule has 0 heterocycles. The zero-order valence-corrected chi connectivity index (χ0v) is 10.2. The third-order valence-electron chi connectivity index (χ3n) is 2.58. The van der Waals surface area contributed by atoms with Crippen molar-refractivity contribution >= 4 is 11.9 Å². The Bertz CT molecular complexity index is 596. The molecule has 0 bridgehead atoms. The number of rotatable bonds is 3. The van der Waals surface area contributed by atoms with Gasteiger partial charge in [-0.2, -0.15) is 26.3 Å². The fourth-order valence-corrected chi connectivity index (χ4v) is 1.59. The van der Waals surface area contributed by atoms with Crippen LogP contribution in [0.3, 0.4) is 0 Å². The number of amides is 1. The molecule has 1 aromatic carbocycles. The number of benzene rings is 1. The van der Waals surface area contributed by atoms with Crippen molar-refractivity contribution in [2.45, 2.75) is 17.9 Å². The minimum atomic E-state index is -5.94. The molecule has 0 aliphatic rings. The lowest BCUT2D eigenvalue weighted by Crippen LogP contribution is -2.63. The average Bonchev–Trinajstić information content (AvgIpc) is 2.33. The second kappa shape index (κ2) is 5.46. The van der Waals surface area contributed by atoms with Crippen LogP contribution in [0, 0.1) is 5.82 Å². The molecule has 0 saturated carbocycles. The van der Waals surface area contributed by atoms with E-state index in [1.165, 1.54) is 0 Å². The number of alkyl halides is 6. The highest BCUT2D eigenvalue weighted by molar-refractivity contribution is 5.91. The summed E-state index contributed by atoms with van der Waals surface area (Å²) in [5, 5.41) is 9.12. The van der Waals surface area contributed by atoms with Gasteiger partial charge in [-0.05, 0) is 6.07 Å². The summed E-state index contributed by atoms with van der Waals surface area (Å²) in [6, 6.07) is 2.40. The minimum Gasteiger partial charge on any atom is -0.479 e.